The number of nitrogens with zero attached hydrogens (tertiary/aromatic N) is 4. The van der Waals surface area contributed by atoms with Crippen molar-refractivity contribution >= 4 is 40.7 Å². The molecule has 1 unspecified atom stereocenters. The fourth-order valence-electron chi connectivity index (χ4n) is 2.05. The normalized spacial score (nSPS) is 12.8. The summed E-state index contributed by atoms with van der Waals surface area (Å²) in [6, 6.07) is 0.0319. The molecular weight excluding hydrogens is 287 g/mol. The van der Waals surface area contributed by atoms with E-state index >= 15 is 0 Å². The van der Waals surface area contributed by atoms with E-state index in [4.69, 9.17) is 23.2 Å². The molecule has 0 N–H and O–H groups in total. The predicted octanol–water partition coefficient (Wildman–Crippen LogP) is 3.45. The molecule has 0 saturated carbocycles. The van der Waals surface area contributed by atoms with Crippen LogP contribution in [0.3, 0.4) is 0 Å². The summed E-state index contributed by atoms with van der Waals surface area (Å²) in [5, 5.41) is 0.314. The van der Waals surface area contributed by atoms with Gasteiger partial charge in [-0.25, -0.2) is 9.97 Å². The number of carbonyl (C=O) groups excluding carboxylic acids is 1. The maximum Gasteiger partial charge on any atom is 0.225 e. The lowest BCUT2D eigenvalue weighted by Gasteiger charge is -2.16. The van der Waals surface area contributed by atoms with Crippen molar-refractivity contribution in [3.63, 3.8) is 0 Å². The first kappa shape index (κ1) is 14.2. The summed E-state index contributed by atoms with van der Waals surface area (Å²) >= 11 is 11.8. The molecule has 0 bridgehead atoms. The van der Waals surface area contributed by atoms with Crippen LogP contribution in [0, 0.1) is 0 Å². The largest absolute Gasteiger partial charge is 0.312 e. The Bertz CT molecular complexity index is 584. The Morgan fingerprint density at radius 2 is 2.21 bits per heavy atom. The van der Waals surface area contributed by atoms with Crippen LogP contribution in [0.4, 0.5) is 0 Å². The topological polar surface area (TPSA) is 60.7 Å². The van der Waals surface area contributed by atoms with Gasteiger partial charge in [0.05, 0.1) is 6.33 Å². The van der Waals surface area contributed by atoms with Gasteiger partial charge in [0, 0.05) is 12.5 Å². The Morgan fingerprint density at radius 3 is 2.89 bits per heavy atom. The Labute approximate surface area is 121 Å². The Kier molecular flexibility index (Phi) is 4.71. The highest BCUT2D eigenvalue weighted by molar-refractivity contribution is 6.35. The van der Waals surface area contributed by atoms with Gasteiger partial charge in [-0.2, -0.15) is 4.98 Å². The van der Waals surface area contributed by atoms with Gasteiger partial charge in [-0.15, -0.1) is 0 Å². The summed E-state index contributed by atoms with van der Waals surface area (Å²) in [7, 11) is 0. The van der Waals surface area contributed by atoms with Gasteiger partial charge in [-0.05, 0) is 18.0 Å². The zero-order valence-electron chi connectivity index (χ0n) is 10.5. The molecular formula is C12H14Cl2N4O. The first-order valence-corrected chi connectivity index (χ1v) is 6.92. The van der Waals surface area contributed by atoms with Crippen LogP contribution in [0.15, 0.2) is 6.33 Å². The van der Waals surface area contributed by atoms with Crippen LogP contribution in [-0.4, -0.2) is 25.8 Å². The number of unbranched alkanes of at least 4 members (excludes halogenated alkanes) is 1. The molecule has 0 saturated heterocycles. The van der Waals surface area contributed by atoms with Crippen LogP contribution in [0.1, 0.15) is 38.6 Å². The number of hydrogen-bond donors (Lipinski definition) is 0. The second kappa shape index (κ2) is 6.30. The maximum atomic E-state index is 10.8. The summed E-state index contributed by atoms with van der Waals surface area (Å²) in [4.78, 5) is 23.0. The molecule has 0 aliphatic rings. The van der Waals surface area contributed by atoms with Crippen molar-refractivity contribution in [2.24, 2.45) is 0 Å². The van der Waals surface area contributed by atoms with Gasteiger partial charge in [0.2, 0.25) is 5.28 Å². The lowest BCUT2D eigenvalue weighted by molar-refractivity contribution is -0.108. The van der Waals surface area contributed by atoms with Crippen molar-refractivity contribution in [1.82, 2.24) is 19.5 Å². The molecule has 2 heterocycles. The molecule has 0 radical (unpaired) electrons. The Hall–Kier alpha value is -1.20. The van der Waals surface area contributed by atoms with Crippen molar-refractivity contribution in [1.29, 1.82) is 0 Å². The SMILES string of the molecule is CCCCC(CC=O)n1cnc2c(Cl)nc(Cl)nc21. The van der Waals surface area contributed by atoms with Gasteiger partial charge < -0.3 is 9.36 Å². The third kappa shape index (κ3) is 3.04. The number of fused-ring (bicyclic) bond motifs is 1. The van der Waals surface area contributed by atoms with E-state index in [1.807, 2.05) is 4.57 Å². The monoisotopic (exact) mass is 300 g/mol. The third-order valence-electron chi connectivity index (χ3n) is 3.00. The minimum Gasteiger partial charge on any atom is -0.312 e. The van der Waals surface area contributed by atoms with E-state index in [1.165, 1.54) is 0 Å². The van der Waals surface area contributed by atoms with Gasteiger partial charge >= 0.3 is 0 Å². The minimum absolute atomic E-state index is 0.0319. The molecule has 2 aromatic rings. The highest BCUT2D eigenvalue weighted by Crippen LogP contribution is 2.26. The van der Waals surface area contributed by atoms with E-state index in [0.29, 0.717) is 17.6 Å². The van der Waals surface area contributed by atoms with Crippen LogP contribution in [0.2, 0.25) is 10.4 Å². The average molecular weight is 301 g/mol. The number of imidazole rings is 1. The van der Waals surface area contributed by atoms with E-state index < -0.39 is 0 Å². The molecule has 1 atom stereocenters. The standard InChI is InChI=1S/C12H14Cl2N4O/c1-2-3-4-8(5-6-19)18-7-15-9-10(13)16-12(14)17-11(9)18/h6-8H,2-5H2,1H3. The predicted molar refractivity (Wildman–Crippen MR) is 74.6 cm³/mol. The minimum atomic E-state index is 0.0319. The first-order valence-electron chi connectivity index (χ1n) is 6.16. The molecule has 19 heavy (non-hydrogen) atoms. The van der Waals surface area contributed by atoms with Crippen LogP contribution in [0.5, 0.6) is 0 Å². The zero-order valence-corrected chi connectivity index (χ0v) is 12.0. The average Bonchev–Trinajstić information content (AvgIpc) is 2.78. The van der Waals surface area contributed by atoms with Crippen LogP contribution in [0.25, 0.3) is 11.2 Å². The number of hydrogen-bond acceptors (Lipinski definition) is 4. The molecule has 5 nitrogen and oxygen atoms in total. The highest BCUT2D eigenvalue weighted by Gasteiger charge is 2.17. The summed E-state index contributed by atoms with van der Waals surface area (Å²) in [5.74, 6) is 0. The van der Waals surface area contributed by atoms with Crippen molar-refractivity contribution < 1.29 is 4.79 Å². The molecule has 0 fully saturated rings. The van der Waals surface area contributed by atoms with Gasteiger partial charge in [-0.3, -0.25) is 0 Å². The zero-order chi connectivity index (χ0) is 13.8. The second-order valence-electron chi connectivity index (χ2n) is 4.31. The smallest absolute Gasteiger partial charge is 0.225 e. The Morgan fingerprint density at radius 1 is 1.42 bits per heavy atom. The summed E-state index contributed by atoms with van der Waals surface area (Å²) in [6.45, 7) is 2.11. The highest BCUT2D eigenvalue weighted by atomic mass is 35.5. The third-order valence-corrected chi connectivity index (χ3v) is 3.44. The molecule has 102 valence electrons. The first-order chi connectivity index (χ1) is 9.17. The van der Waals surface area contributed by atoms with Crippen molar-refractivity contribution in [3.8, 4) is 0 Å². The van der Waals surface area contributed by atoms with Crippen LogP contribution in [-0.2, 0) is 4.79 Å². The van der Waals surface area contributed by atoms with E-state index in [9.17, 15) is 4.79 Å². The maximum absolute atomic E-state index is 10.8. The van der Waals surface area contributed by atoms with E-state index in [1.54, 1.807) is 6.33 Å². The van der Waals surface area contributed by atoms with E-state index in [-0.39, 0.29) is 16.5 Å². The molecule has 2 rings (SSSR count). The van der Waals surface area contributed by atoms with Crippen molar-refractivity contribution in [3.05, 3.63) is 16.8 Å². The van der Waals surface area contributed by atoms with Gasteiger partial charge in [0.25, 0.3) is 0 Å². The summed E-state index contributed by atoms with van der Waals surface area (Å²) < 4.78 is 1.86. The molecule has 7 heteroatoms. The summed E-state index contributed by atoms with van der Waals surface area (Å²) in [5.41, 5.74) is 1.09. The van der Waals surface area contributed by atoms with E-state index in [2.05, 4.69) is 21.9 Å². The molecule has 0 aliphatic heterocycles. The van der Waals surface area contributed by atoms with Crippen molar-refractivity contribution in [2.75, 3.05) is 0 Å². The van der Waals surface area contributed by atoms with E-state index in [0.717, 1.165) is 25.5 Å². The van der Waals surface area contributed by atoms with Crippen molar-refractivity contribution in [2.45, 2.75) is 38.6 Å². The number of halogens is 2. The molecule has 2 aromatic heterocycles. The Balaban J connectivity index is 2.44. The molecule has 0 aliphatic carbocycles. The van der Waals surface area contributed by atoms with Gasteiger partial charge in [0.15, 0.2) is 10.8 Å². The fourth-order valence-corrected chi connectivity index (χ4v) is 2.47. The number of carbonyl (C=O) groups is 1. The summed E-state index contributed by atoms with van der Waals surface area (Å²) in [6.07, 6.45) is 5.97. The lowest BCUT2D eigenvalue weighted by Crippen LogP contribution is -2.09. The molecule has 0 amide bonds. The lowest BCUT2D eigenvalue weighted by atomic mass is 10.1. The number of aldehydes is 1. The molecule has 0 aromatic carbocycles. The van der Waals surface area contributed by atoms with Crippen LogP contribution >= 0.6 is 23.2 Å². The number of rotatable bonds is 6. The second-order valence-corrected chi connectivity index (χ2v) is 5.00. The quantitative estimate of drug-likeness (QED) is 0.466. The van der Waals surface area contributed by atoms with Crippen LogP contribution < -0.4 is 0 Å². The molecule has 0 spiro atoms. The fraction of sp³-hybridized carbons (Fsp3) is 0.500. The van der Waals surface area contributed by atoms with Gasteiger partial charge in [-0.1, -0.05) is 31.4 Å². The van der Waals surface area contributed by atoms with Gasteiger partial charge in [0.1, 0.15) is 11.8 Å². The number of aromatic nitrogens is 4.